The van der Waals surface area contributed by atoms with Crippen molar-refractivity contribution in [3.63, 3.8) is 0 Å². The van der Waals surface area contributed by atoms with Gasteiger partial charge in [0.1, 0.15) is 0 Å². The zero-order valence-electron chi connectivity index (χ0n) is 16.4. The van der Waals surface area contributed by atoms with E-state index in [4.69, 9.17) is 9.47 Å². The molecular weight excluding hydrogens is 360 g/mol. The summed E-state index contributed by atoms with van der Waals surface area (Å²) in [6, 6.07) is 6.39. The fourth-order valence-corrected chi connectivity index (χ4v) is 4.49. The van der Waals surface area contributed by atoms with Crippen molar-refractivity contribution in [2.24, 2.45) is 5.41 Å². The Kier molecular flexibility index (Phi) is 7.39. The number of carbonyl (C=O) groups excluding carboxylic acids is 1. The summed E-state index contributed by atoms with van der Waals surface area (Å²) in [7, 11) is 0. The molecule has 7 nitrogen and oxygen atoms in total. The molecule has 2 fully saturated rings. The van der Waals surface area contributed by atoms with Crippen molar-refractivity contribution in [2.75, 3.05) is 19.8 Å². The second kappa shape index (κ2) is 9.98. The molecule has 0 aromatic heterocycles. The van der Waals surface area contributed by atoms with Crippen LogP contribution in [0.5, 0.6) is 0 Å². The number of hydrogen-bond acceptors (Lipinski definition) is 5. The van der Waals surface area contributed by atoms with Crippen molar-refractivity contribution in [3.8, 4) is 0 Å². The monoisotopic (exact) mass is 390 g/mol. The topological polar surface area (TPSA) is 90.7 Å². The van der Waals surface area contributed by atoms with Crippen LogP contribution in [0.2, 0.25) is 0 Å². The molecule has 1 aromatic carbocycles. The number of nitro benzene ring substituents is 1. The number of para-hydroxylation sites is 1. The first-order valence-corrected chi connectivity index (χ1v) is 10.3. The van der Waals surface area contributed by atoms with Crippen LogP contribution in [0, 0.1) is 15.5 Å². The summed E-state index contributed by atoms with van der Waals surface area (Å²) in [5.74, 6) is -0.183. The van der Waals surface area contributed by atoms with E-state index < -0.39 is 4.92 Å². The van der Waals surface area contributed by atoms with Crippen LogP contribution in [-0.2, 0) is 20.7 Å². The van der Waals surface area contributed by atoms with Gasteiger partial charge in [-0.2, -0.15) is 0 Å². The predicted molar refractivity (Wildman–Crippen MR) is 105 cm³/mol. The van der Waals surface area contributed by atoms with Gasteiger partial charge in [0.15, 0.2) is 6.29 Å². The molecule has 1 aliphatic heterocycles. The Bertz CT molecular complexity index is 665. The van der Waals surface area contributed by atoms with Gasteiger partial charge in [0.05, 0.1) is 24.6 Å². The van der Waals surface area contributed by atoms with Crippen LogP contribution in [0.3, 0.4) is 0 Å². The molecule has 28 heavy (non-hydrogen) atoms. The smallest absolute Gasteiger partial charge is 0.273 e. The van der Waals surface area contributed by atoms with E-state index in [-0.39, 0.29) is 29.7 Å². The van der Waals surface area contributed by atoms with Gasteiger partial charge in [-0.3, -0.25) is 14.9 Å². The highest BCUT2D eigenvalue weighted by molar-refractivity contribution is 5.79. The Balaban J connectivity index is 1.49. The minimum atomic E-state index is -0.444. The highest BCUT2D eigenvalue weighted by Crippen LogP contribution is 2.44. The third-order valence-electron chi connectivity index (χ3n) is 5.93. The van der Waals surface area contributed by atoms with Gasteiger partial charge < -0.3 is 14.8 Å². The molecule has 2 aliphatic rings. The summed E-state index contributed by atoms with van der Waals surface area (Å²) in [4.78, 5) is 22.9. The van der Waals surface area contributed by atoms with E-state index in [0.717, 1.165) is 25.7 Å². The summed E-state index contributed by atoms with van der Waals surface area (Å²) in [6.45, 7) is 1.89. The van der Waals surface area contributed by atoms with Gasteiger partial charge in [0.25, 0.3) is 5.69 Å². The van der Waals surface area contributed by atoms with Gasteiger partial charge in [-0.05, 0) is 25.7 Å². The van der Waals surface area contributed by atoms with Crippen LogP contribution in [0.15, 0.2) is 24.3 Å². The van der Waals surface area contributed by atoms with E-state index in [2.05, 4.69) is 5.32 Å². The van der Waals surface area contributed by atoms with Crippen LogP contribution in [-0.4, -0.2) is 36.9 Å². The number of ether oxygens (including phenoxy) is 2. The minimum Gasteiger partial charge on any atom is -0.356 e. The van der Waals surface area contributed by atoms with Crippen molar-refractivity contribution in [3.05, 3.63) is 39.9 Å². The molecule has 7 heteroatoms. The second-order valence-electron chi connectivity index (χ2n) is 7.87. The van der Waals surface area contributed by atoms with Crippen molar-refractivity contribution in [2.45, 2.75) is 64.1 Å². The first kappa shape index (κ1) is 20.7. The first-order chi connectivity index (χ1) is 13.6. The van der Waals surface area contributed by atoms with E-state index in [1.165, 1.54) is 31.7 Å². The zero-order chi connectivity index (χ0) is 19.8. The molecule has 1 saturated carbocycles. The number of rotatable bonds is 8. The molecule has 1 aromatic rings. The molecule has 0 radical (unpaired) electrons. The normalized spacial score (nSPS) is 19.9. The maximum atomic E-state index is 12.2. The molecule has 0 bridgehead atoms. The summed E-state index contributed by atoms with van der Waals surface area (Å²) in [6.07, 6.45) is 8.88. The Hall–Kier alpha value is -1.99. The quantitative estimate of drug-likeness (QED) is 0.316. The molecule has 0 atom stereocenters. The van der Waals surface area contributed by atoms with Crippen molar-refractivity contribution >= 4 is 11.6 Å². The van der Waals surface area contributed by atoms with Crippen molar-refractivity contribution < 1.29 is 19.2 Å². The maximum absolute atomic E-state index is 12.2. The number of benzene rings is 1. The number of carbonyl (C=O) groups is 1. The van der Waals surface area contributed by atoms with Gasteiger partial charge in [0.2, 0.25) is 5.91 Å². The van der Waals surface area contributed by atoms with E-state index in [0.29, 0.717) is 25.3 Å². The Labute approximate surface area is 165 Å². The Morgan fingerprint density at radius 2 is 1.82 bits per heavy atom. The van der Waals surface area contributed by atoms with Gasteiger partial charge in [0, 0.05) is 23.6 Å². The highest BCUT2D eigenvalue weighted by atomic mass is 16.7. The molecule has 1 amide bonds. The largest absolute Gasteiger partial charge is 0.356 e. The Morgan fingerprint density at radius 1 is 1.14 bits per heavy atom. The number of nitrogens with one attached hydrogen (secondary N) is 1. The molecule has 1 heterocycles. The lowest BCUT2D eigenvalue weighted by atomic mass is 9.75. The molecule has 1 saturated heterocycles. The lowest BCUT2D eigenvalue weighted by molar-refractivity contribution is -0.385. The van der Waals surface area contributed by atoms with Crippen LogP contribution in [0.4, 0.5) is 5.69 Å². The van der Waals surface area contributed by atoms with Crippen LogP contribution >= 0.6 is 0 Å². The average Bonchev–Trinajstić information content (AvgIpc) is 3.13. The number of nitro groups is 1. The average molecular weight is 390 g/mol. The summed E-state index contributed by atoms with van der Waals surface area (Å²) in [5.41, 5.74) is 0.485. The van der Waals surface area contributed by atoms with E-state index in [1.807, 2.05) is 0 Å². The van der Waals surface area contributed by atoms with Crippen molar-refractivity contribution in [1.29, 1.82) is 0 Å². The number of nitrogens with zero attached hydrogens (tertiary/aromatic N) is 1. The SMILES string of the molecule is O=C(Cc1ccccc1[N+](=O)[O-])NCCCC1(C2OCCO2)CCCCCC1. The predicted octanol–water partition coefficient (Wildman–Crippen LogP) is 3.75. The third-order valence-corrected chi connectivity index (χ3v) is 5.93. The zero-order valence-corrected chi connectivity index (χ0v) is 16.4. The van der Waals surface area contributed by atoms with Gasteiger partial charge in [-0.15, -0.1) is 0 Å². The lowest BCUT2D eigenvalue weighted by Gasteiger charge is -2.37. The van der Waals surface area contributed by atoms with Crippen molar-refractivity contribution in [1.82, 2.24) is 5.32 Å². The molecule has 3 rings (SSSR count). The summed E-state index contributed by atoms with van der Waals surface area (Å²) < 4.78 is 11.7. The van der Waals surface area contributed by atoms with Gasteiger partial charge in [-0.25, -0.2) is 0 Å². The van der Waals surface area contributed by atoms with Crippen LogP contribution < -0.4 is 5.32 Å². The first-order valence-electron chi connectivity index (χ1n) is 10.3. The highest BCUT2D eigenvalue weighted by Gasteiger charge is 2.42. The van der Waals surface area contributed by atoms with E-state index >= 15 is 0 Å². The van der Waals surface area contributed by atoms with Crippen LogP contribution in [0.1, 0.15) is 56.9 Å². The molecule has 0 unspecified atom stereocenters. The fraction of sp³-hybridized carbons (Fsp3) is 0.667. The minimum absolute atomic E-state index is 0.00871. The summed E-state index contributed by atoms with van der Waals surface area (Å²) in [5, 5.41) is 14.0. The fourth-order valence-electron chi connectivity index (χ4n) is 4.49. The Morgan fingerprint density at radius 3 is 2.50 bits per heavy atom. The second-order valence-corrected chi connectivity index (χ2v) is 7.87. The molecule has 0 spiro atoms. The third kappa shape index (κ3) is 5.29. The van der Waals surface area contributed by atoms with Crippen LogP contribution in [0.25, 0.3) is 0 Å². The standard InChI is InChI=1S/C21H30N2O5/c24-19(16-17-8-3-4-9-18(17)23(25)26)22-13-7-12-21(20-27-14-15-28-20)10-5-1-2-6-11-21/h3-4,8-9,20H,1-2,5-7,10-16H2,(H,22,24). The maximum Gasteiger partial charge on any atom is 0.273 e. The van der Waals surface area contributed by atoms with Gasteiger partial charge >= 0.3 is 0 Å². The van der Waals surface area contributed by atoms with Gasteiger partial charge in [-0.1, -0.05) is 43.9 Å². The van der Waals surface area contributed by atoms with E-state index in [9.17, 15) is 14.9 Å². The number of amides is 1. The molecular formula is C21H30N2O5. The molecule has 1 N–H and O–H groups in total. The summed E-state index contributed by atoms with van der Waals surface area (Å²) >= 11 is 0. The molecule has 154 valence electrons. The number of hydrogen-bond donors (Lipinski definition) is 1. The lowest BCUT2D eigenvalue weighted by Crippen LogP contribution is -2.37. The molecule has 1 aliphatic carbocycles. The van der Waals surface area contributed by atoms with E-state index in [1.54, 1.807) is 18.2 Å².